The molecule has 1 heterocycles. The lowest BCUT2D eigenvalue weighted by Crippen LogP contribution is -2.32. The van der Waals surface area contributed by atoms with E-state index in [0.29, 0.717) is 19.7 Å². The first-order valence-electron chi connectivity index (χ1n) is 8.12. The number of nitrogens with one attached hydrogen (secondary N) is 3. The lowest BCUT2D eigenvalue weighted by Gasteiger charge is -2.08. The van der Waals surface area contributed by atoms with Crippen molar-refractivity contribution in [2.45, 2.75) is 27.7 Å². The Morgan fingerprint density at radius 2 is 2.04 bits per heavy atom. The number of amides is 1. The molecule has 1 aromatic heterocycles. The van der Waals surface area contributed by atoms with Crippen LogP contribution in [0.2, 0.25) is 0 Å². The summed E-state index contributed by atoms with van der Waals surface area (Å²) in [7, 11) is 0. The Morgan fingerprint density at radius 3 is 2.74 bits per heavy atom. The minimum absolute atomic E-state index is 0.0171. The van der Waals surface area contributed by atoms with Gasteiger partial charge >= 0.3 is 0 Å². The predicted octanol–water partition coefficient (Wildman–Crippen LogP) is 2.55. The zero-order valence-corrected chi connectivity index (χ0v) is 14.3. The Bertz CT molecular complexity index is 683. The molecule has 0 fully saturated rings. The van der Waals surface area contributed by atoms with Crippen molar-refractivity contribution in [3.8, 4) is 5.75 Å². The second-order valence-electron chi connectivity index (χ2n) is 5.88. The molecule has 0 atom stereocenters. The zero-order valence-electron chi connectivity index (χ0n) is 14.3. The lowest BCUT2D eigenvalue weighted by molar-refractivity contribution is -0.327. The molecule has 1 amide bonds. The normalized spacial score (nSPS) is 10.8. The van der Waals surface area contributed by atoms with Crippen LogP contribution in [0.25, 0.3) is 10.9 Å². The quantitative estimate of drug-likeness (QED) is 0.772. The summed E-state index contributed by atoms with van der Waals surface area (Å²) in [5.74, 6) is 1.95. The number of pyridine rings is 1. The molecule has 0 unspecified atom stereocenters. The number of benzene rings is 1. The summed E-state index contributed by atoms with van der Waals surface area (Å²) < 4.78 is 5.54. The number of ether oxygens (including phenoxy) is 1. The fraction of sp³-hybridized carbons (Fsp3) is 0.444. The number of fused-ring (bicyclic) bond motifs is 1. The molecular formula is C18H26N3O2+. The third-order valence-corrected chi connectivity index (χ3v) is 3.61. The van der Waals surface area contributed by atoms with Gasteiger partial charge < -0.3 is 10.1 Å². The number of aromatic amines is 1. The molecule has 0 radical (unpaired) electrons. The molecule has 0 saturated carbocycles. The summed E-state index contributed by atoms with van der Waals surface area (Å²) in [6, 6.07) is 8.15. The topological polar surface area (TPSA) is 64.5 Å². The van der Waals surface area contributed by atoms with Gasteiger partial charge in [-0.25, -0.2) is 4.98 Å². The maximum absolute atomic E-state index is 11.5. The van der Waals surface area contributed by atoms with Crippen molar-refractivity contribution in [2.75, 3.05) is 25.0 Å². The minimum atomic E-state index is 0.0171. The minimum Gasteiger partial charge on any atom is -0.494 e. The molecule has 5 heteroatoms. The van der Waals surface area contributed by atoms with Crippen molar-refractivity contribution in [3.63, 3.8) is 0 Å². The Kier molecular flexibility index (Phi) is 5.79. The van der Waals surface area contributed by atoms with Gasteiger partial charge in [-0.05, 0) is 38.1 Å². The molecule has 2 rings (SSSR count). The monoisotopic (exact) mass is 316 g/mol. The van der Waals surface area contributed by atoms with Gasteiger partial charge in [-0.2, -0.15) is 0 Å². The van der Waals surface area contributed by atoms with E-state index in [9.17, 15) is 4.79 Å². The fourth-order valence-corrected chi connectivity index (χ4v) is 2.33. The van der Waals surface area contributed by atoms with Crippen molar-refractivity contribution in [3.05, 3.63) is 29.8 Å². The summed E-state index contributed by atoms with van der Waals surface area (Å²) in [6.45, 7) is 9.76. The van der Waals surface area contributed by atoms with Crippen LogP contribution in [-0.4, -0.2) is 25.6 Å². The summed E-state index contributed by atoms with van der Waals surface area (Å²) >= 11 is 0. The maximum atomic E-state index is 11.5. The smallest absolute Gasteiger partial charge is 0.275 e. The van der Waals surface area contributed by atoms with Crippen LogP contribution in [0, 0.1) is 12.8 Å². The van der Waals surface area contributed by atoms with Crippen molar-refractivity contribution in [1.82, 2.24) is 5.32 Å². The van der Waals surface area contributed by atoms with Gasteiger partial charge in [0, 0.05) is 16.9 Å². The Morgan fingerprint density at radius 1 is 1.26 bits per heavy atom. The lowest BCUT2D eigenvalue weighted by atomic mass is 10.1. The van der Waals surface area contributed by atoms with Crippen LogP contribution in [0.1, 0.15) is 26.3 Å². The maximum Gasteiger partial charge on any atom is 0.275 e. The van der Waals surface area contributed by atoms with Gasteiger partial charge in [0.1, 0.15) is 17.8 Å². The van der Waals surface area contributed by atoms with Crippen LogP contribution < -0.4 is 20.4 Å². The number of hydrogen-bond donors (Lipinski definition) is 2. The third-order valence-electron chi connectivity index (χ3n) is 3.61. The number of carbonyl (C=O) groups is 1. The highest BCUT2D eigenvalue weighted by Gasteiger charge is 2.11. The molecule has 124 valence electrons. The average Bonchev–Trinajstić information content (AvgIpc) is 2.51. The largest absolute Gasteiger partial charge is 0.494 e. The highest BCUT2D eigenvalue weighted by Crippen LogP contribution is 2.21. The number of aryl methyl sites for hydroxylation is 1. The molecule has 0 spiro atoms. The molecule has 5 nitrogen and oxygen atoms in total. The predicted molar refractivity (Wildman–Crippen MR) is 92.7 cm³/mol. The van der Waals surface area contributed by atoms with Gasteiger partial charge in [0.05, 0.1) is 13.2 Å². The molecular weight excluding hydrogens is 290 g/mol. The van der Waals surface area contributed by atoms with Crippen molar-refractivity contribution < 1.29 is 14.5 Å². The highest BCUT2D eigenvalue weighted by molar-refractivity contribution is 5.79. The van der Waals surface area contributed by atoms with E-state index in [1.165, 1.54) is 0 Å². The molecule has 3 N–H and O–H groups in total. The molecule has 0 aliphatic rings. The van der Waals surface area contributed by atoms with E-state index in [1.54, 1.807) is 0 Å². The Balaban J connectivity index is 2.02. The van der Waals surface area contributed by atoms with E-state index < -0.39 is 0 Å². The number of rotatable bonds is 7. The van der Waals surface area contributed by atoms with Crippen molar-refractivity contribution in [2.24, 2.45) is 5.92 Å². The summed E-state index contributed by atoms with van der Waals surface area (Å²) in [5, 5.41) is 7.35. The molecule has 2 aromatic rings. The van der Waals surface area contributed by atoms with Crippen LogP contribution in [0.5, 0.6) is 5.75 Å². The standard InChI is InChI=1S/C18H25N3O2/c1-5-23-15-6-7-16-14(11-15)10-13(4)17(21-16)19-8-9-20-18(22)12(2)3/h6-7,10-12H,5,8-9H2,1-4H3,(H,19,21)(H,20,22)/p+1. The van der Waals surface area contributed by atoms with E-state index in [1.807, 2.05) is 39.0 Å². The zero-order chi connectivity index (χ0) is 16.8. The Hall–Kier alpha value is -2.30. The molecule has 23 heavy (non-hydrogen) atoms. The summed E-state index contributed by atoms with van der Waals surface area (Å²) in [6.07, 6.45) is 0. The molecule has 0 saturated heterocycles. The number of hydrogen-bond acceptors (Lipinski definition) is 3. The third kappa shape index (κ3) is 4.58. The van der Waals surface area contributed by atoms with Crippen LogP contribution in [-0.2, 0) is 4.79 Å². The van der Waals surface area contributed by atoms with Gasteiger partial charge in [0.15, 0.2) is 0 Å². The number of H-pyrrole nitrogens is 1. The van der Waals surface area contributed by atoms with Crippen LogP contribution in [0.3, 0.4) is 0 Å². The van der Waals surface area contributed by atoms with Crippen LogP contribution in [0.4, 0.5) is 5.82 Å². The van der Waals surface area contributed by atoms with Gasteiger partial charge in [-0.3, -0.25) is 10.1 Å². The van der Waals surface area contributed by atoms with Gasteiger partial charge in [-0.15, -0.1) is 0 Å². The molecule has 0 aliphatic heterocycles. The van der Waals surface area contributed by atoms with E-state index in [0.717, 1.165) is 28.0 Å². The SMILES string of the molecule is CCOc1ccc2[nH+]c(NCCNC(=O)C(C)C)c(C)cc2c1. The first-order chi connectivity index (χ1) is 11.0. The van der Waals surface area contributed by atoms with E-state index in [4.69, 9.17) is 4.74 Å². The average molecular weight is 316 g/mol. The van der Waals surface area contributed by atoms with Crippen molar-refractivity contribution in [1.29, 1.82) is 0 Å². The van der Waals surface area contributed by atoms with E-state index in [2.05, 4.69) is 28.6 Å². The molecule has 1 aromatic carbocycles. The summed E-state index contributed by atoms with van der Waals surface area (Å²) in [4.78, 5) is 14.9. The first kappa shape index (κ1) is 17.1. The van der Waals surface area contributed by atoms with Crippen LogP contribution in [0.15, 0.2) is 24.3 Å². The van der Waals surface area contributed by atoms with Crippen LogP contribution >= 0.6 is 0 Å². The second-order valence-corrected chi connectivity index (χ2v) is 5.88. The number of anilines is 1. The number of aromatic nitrogens is 1. The molecule has 0 bridgehead atoms. The number of carbonyl (C=O) groups excluding carboxylic acids is 1. The Labute approximate surface area is 137 Å². The fourth-order valence-electron chi connectivity index (χ4n) is 2.33. The van der Waals surface area contributed by atoms with E-state index >= 15 is 0 Å². The van der Waals surface area contributed by atoms with E-state index in [-0.39, 0.29) is 11.8 Å². The van der Waals surface area contributed by atoms with Crippen molar-refractivity contribution >= 4 is 22.6 Å². The summed E-state index contributed by atoms with van der Waals surface area (Å²) in [5.41, 5.74) is 2.18. The second kappa shape index (κ2) is 7.81. The molecule has 0 aliphatic carbocycles. The first-order valence-corrected chi connectivity index (χ1v) is 8.12. The van der Waals surface area contributed by atoms with Gasteiger partial charge in [0.25, 0.3) is 5.82 Å². The van der Waals surface area contributed by atoms with Gasteiger partial charge in [-0.1, -0.05) is 13.8 Å². The highest BCUT2D eigenvalue weighted by atomic mass is 16.5. The van der Waals surface area contributed by atoms with Gasteiger partial charge in [0.2, 0.25) is 5.91 Å².